The Morgan fingerprint density at radius 1 is 1.15 bits per heavy atom. The van der Waals surface area contributed by atoms with Crippen LogP contribution >= 0.6 is 12.6 Å². The van der Waals surface area contributed by atoms with Crippen LogP contribution in [0.3, 0.4) is 0 Å². The second kappa shape index (κ2) is 8.68. The lowest BCUT2D eigenvalue weighted by atomic mass is 9.80. The lowest BCUT2D eigenvalue weighted by molar-refractivity contribution is 0.164. The molecule has 0 aliphatic heterocycles. The smallest absolute Gasteiger partial charge is 0.127 e. The van der Waals surface area contributed by atoms with E-state index >= 15 is 0 Å². The first kappa shape index (κ1) is 17.5. The van der Waals surface area contributed by atoms with Crippen LogP contribution in [-0.4, -0.2) is 24.2 Å². The Hall–Kier alpha value is -0.540. The molecule has 3 heteroatoms. The average Bonchev–Trinajstić information content (AvgIpc) is 2.42. The van der Waals surface area contributed by atoms with Crippen LogP contribution in [-0.2, 0) is 6.54 Å². The molecule has 0 aromatic heterocycles. The van der Waals surface area contributed by atoms with E-state index < -0.39 is 0 Å². The molecule has 0 spiro atoms. The van der Waals surface area contributed by atoms with Crippen LogP contribution in [0.5, 0.6) is 0 Å². The fourth-order valence-corrected chi connectivity index (χ4v) is 3.51. The number of nitrogens with zero attached hydrogens (tertiary/aromatic N) is 1. The molecule has 0 heterocycles. The van der Waals surface area contributed by atoms with Crippen molar-refractivity contribution < 1.29 is 4.39 Å². The molecule has 1 aromatic carbocycles. The van der Waals surface area contributed by atoms with Crippen LogP contribution < -0.4 is 0 Å². The molecule has 0 unspecified atom stereocenters. The summed E-state index contributed by atoms with van der Waals surface area (Å²) < 4.78 is 13.7. The molecule has 0 radical (unpaired) electrons. The normalized spacial score (nSPS) is 12.1. The van der Waals surface area contributed by atoms with Crippen LogP contribution in [0.2, 0.25) is 0 Å². The summed E-state index contributed by atoms with van der Waals surface area (Å²) in [5, 5.41) is 0. The van der Waals surface area contributed by atoms with E-state index in [0.717, 1.165) is 17.9 Å². The lowest BCUT2D eigenvalue weighted by Gasteiger charge is -2.36. The van der Waals surface area contributed by atoms with Crippen molar-refractivity contribution in [1.29, 1.82) is 0 Å². The summed E-state index contributed by atoms with van der Waals surface area (Å²) >= 11 is 4.59. The molecule has 0 atom stereocenters. The maximum atomic E-state index is 13.7. The molecule has 0 bridgehead atoms. The van der Waals surface area contributed by atoms with Gasteiger partial charge >= 0.3 is 0 Å². The minimum absolute atomic E-state index is 0.109. The predicted molar refractivity (Wildman–Crippen MR) is 88.8 cm³/mol. The Kier molecular flexibility index (Phi) is 7.60. The van der Waals surface area contributed by atoms with Crippen molar-refractivity contribution >= 4 is 12.6 Å². The predicted octanol–water partition coefficient (Wildman–Crippen LogP) is 4.77. The van der Waals surface area contributed by atoms with Gasteiger partial charge in [-0.25, -0.2) is 4.39 Å². The Bertz CT molecular complexity index is 388. The number of thiol groups is 1. The summed E-state index contributed by atoms with van der Waals surface area (Å²) in [6.07, 6.45) is 4.72. The van der Waals surface area contributed by atoms with E-state index in [1.807, 2.05) is 12.1 Å². The minimum Gasteiger partial charge on any atom is -0.301 e. The van der Waals surface area contributed by atoms with E-state index in [2.05, 4.69) is 38.4 Å². The van der Waals surface area contributed by atoms with Gasteiger partial charge in [-0.15, -0.1) is 0 Å². The van der Waals surface area contributed by atoms with E-state index in [-0.39, 0.29) is 11.2 Å². The summed E-state index contributed by atoms with van der Waals surface area (Å²) in [4.78, 5) is 2.24. The number of hydrogen-bond acceptors (Lipinski definition) is 2. The van der Waals surface area contributed by atoms with Crippen molar-refractivity contribution in [1.82, 2.24) is 4.90 Å². The van der Waals surface area contributed by atoms with Crippen molar-refractivity contribution in [3.63, 3.8) is 0 Å². The lowest BCUT2D eigenvalue weighted by Crippen LogP contribution is -2.37. The zero-order valence-corrected chi connectivity index (χ0v) is 13.9. The highest BCUT2D eigenvalue weighted by Gasteiger charge is 2.28. The van der Waals surface area contributed by atoms with E-state index in [1.165, 1.54) is 31.7 Å². The van der Waals surface area contributed by atoms with Crippen molar-refractivity contribution in [2.75, 3.05) is 19.3 Å². The first-order valence-corrected chi connectivity index (χ1v) is 8.23. The quantitative estimate of drug-likeness (QED) is 0.642. The second-order valence-electron chi connectivity index (χ2n) is 5.92. The van der Waals surface area contributed by atoms with Crippen LogP contribution in [0.25, 0.3) is 0 Å². The average molecular weight is 297 g/mol. The second-order valence-corrected chi connectivity index (χ2v) is 6.24. The van der Waals surface area contributed by atoms with Gasteiger partial charge in [-0.05, 0) is 37.1 Å². The van der Waals surface area contributed by atoms with Crippen molar-refractivity contribution in [3.8, 4) is 0 Å². The van der Waals surface area contributed by atoms with E-state index in [1.54, 1.807) is 6.07 Å². The summed E-state index contributed by atoms with van der Waals surface area (Å²) in [5.41, 5.74) is 1.03. The zero-order chi connectivity index (χ0) is 15.0. The number of halogens is 1. The molecule has 114 valence electrons. The number of rotatable bonds is 9. The SMILES string of the molecule is CCCC(CS)(CCC)CN(C)Cc1ccccc1F. The Labute approximate surface area is 129 Å². The van der Waals surface area contributed by atoms with Crippen molar-refractivity contribution in [3.05, 3.63) is 35.6 Å². The Morgan fingerprint density at radius 2 is 1.75 bits per heavy atom. The van der Waals surface area contributed by atoms with Crippen LogP contribution in [0.15, 0.2) is 24.3 Å². The summed E-state index contributed by atoms with van der Waals surface area (Å²) in [7, 11) is 2.08. The van der Waals surface area contributed by atoms with Gasteiger partial charge in [0, 0.05) is 18.7 Å². The Balaban J connectivity index is 2.70. The molecule has 0 amide bonds. The molecular formula is C17H28FNS. The Morgan fingerprint density at radius 3 is 2.25 bits per heavy atom. The zero-order valence-electron chi connectivity index (χ0n) is 13.0. The fourth-order valence-electron chi connectivity index (χ4n) is 3.10. The highest BCUT2D eigenvalue weighted by molar-refractivity contribution is 7.80. The number of hydrogen-bond donors (Lipinski definition) is 1. The molecule has 1 aromatic rings. The maximum absolute atomic E-state index is 13.7. The van der Waals surface area contributed by atoms with Gasteiger partial charge in [0.25, 0.3) is 0 Å². The van der Waals surface area contributed by atoms with Gasteiger partial charge in [0.1, 0.15) is 5.82 Å². The maximum Gasteiger partial charge on any atom is 0.127 e. The highest BCUT2D eigenvalue weighted by atomic mass is 32.1. The van der Waals surface area contributed by atoms with Crippen LogP contribution in [0.4, 0.5) is 4.39 Å². The monoisotopic (exact) mass is 297 g/mol. The highest BCUT2D eigenvalue weighted by Crippen LogP contribution is 2.32. The first-order valence-electron chi connectivity index (χ1n) is 7.59. The van der Waals surface area contributed by atoms with Gasteiger partial charge in [0.15, 0.2) is 0 Å². The van der Waals surface area contributed by atoms with Gasteiger partial charge in [-0.2, -0.15) is 12.6 Å². The third-order valence-corrected chi connectivity index (χ3v) is 4.57. The summed E-state index contributed by atoms with van der Waals surface area (Å²) in [5.74, 6) is 0.790. The third kappa shape index (κ3) is 5.10. The largest absolute Gasteiger partial charge is 0.301 e. The topological polar surface area (TPSA) is 3.24 Å². The van der Waals surface area contributed by atoms with Crippen molar-refractivity contribution in [2.45, 2.75) is 46.1 Å². The molecule has 0 aliphatic rings. The first-order chi connectivity index (χ1) is 9.56. The van der Waals surface area contributed by atoms with Crippen LogP contribution in [0.1, 0.15) is 45.1 Å². The molecular weight excluding hydrogens is 269 g/mol. The minimum atomic E-state index is -0.109. The molecule has 0 saturated heterocycles. The van der Waals surface area contributed by atoms with E-state index in [4.69, 9.17) is 0 Å². The molecule has 1 nitrogen and oxygen atoms in total. The van der Waals surface area contributed by atoms with Crippen molar-refractivity contribution in [2.24, 2.45) is 5.41 Å². The van der Waals surface area contributed by atoms with Crippen LogP contribution in [0, 0.1) is 11.2 Å². The summed E-state index contributed by atoms with van der Waals surface area (Å²) in [6, 6.07) is 7.04. The number of benzene rings is 1. The van der Waals surface area contributed by atoms with E-state index in [9.17, 15) is 4.39 Å². The van der Waals surface area contributed by atoms with Gasteiger partial charge < -0.3 is 4.90 Å². The molecule has 0 N–H and O–H groups in total. The molecule has 1 rings (SSSR count). The van der Waals surface area contributed by atoms with Gasteiger partial charge in [-0.1, -0.05) is 44.9 Å². The van der Waals surface area contributed by atoms with E-state index in [0.29, 0.717) is 6.54 Å². The van der Waals surface area contributed by atoms with Gasteiger partial charge in [0.2, 0.25) is 0 Å². The third-order valence-electron chi connectivity index (χ3n) is 3.90. The summed E-state index contributed by atoms with van der Waals surface area (Å²) in [6.45, 7) is 6.09. The molecule has 0 fully saturated rings. The molecule has 20 heavy (non-hydrogen) atoms. The molecule has 0 saturated carbocycles. The molecule has 0 aliphatic carbocycles. The van der Waals surface area contributed by atoms with Gasteiger partial charge in [0.05, 0.1) is 0 Å². The standard InChI is InChI=1S/C17H28FNS/c1-4-10-17(14-20,11-5-2)13-19(3)12-15-8-6-7-9-16(15)18/h6-9,20H,4-5,10-14H2,1-3H3. The van der Waals surface area contributed by atoms with Gasteiger partial charge in [-0.3, -0.25) is 0 Å². The fraction of sp³-hybridized carbons (Fsp3) is 0.647.